The fourth-order valence-electron chi connectivity index (χ4n) is 3.04. The first-order valence-electron chi connectivity index (χ1n) is 8.67. The third-order valence-electron chi connectivity index (χ3n) is 4.59. The van der Waals surface area contributed by atoms with Crippen molar-refractivity contribution in [1.82, 2.24) is 19.6 Å². The average Bonchev–Trinajstić information content (AvgIpc) is 3.34. The molecule has 0 saturated carbocycles. The summed E-state index contributed by atoms with van der Waals surface area (Å²) < 4.78 is 12.6. The summed E-state index contributed by atoms with van der Waals surface area (Å²) >= 11 is 0. The molecule has 1 fully saturated rings. The highest BCUT2D eigenvalue weighted by atomic mass is 16.5. The number of aromatic nitrogens is 3. The number of rotatable bonds is 5. The van der Waals surface area contributed by atoms with Gasteiger partial charge in [0.15, 0.2) is 5.82 Å². The van der Waals surface area contributed by atoms with Crippen LogP contribution in [0.25, 0.3) is 11.0 Å². The quantitative estimate of drug-likeness (QED) is 0.692. The van der Waals surface area contributed by atoms with Gasteiger partial charge in [0.1, 0.15) is 0 Å². The zero-order valence-electron chi connectivity index (χ0n) is 14.7. The summed E-state index contributed by atoms with van der Waals surface area (Å²) in [6.07, 6.45) is 1.80. The number of para-hydroxylation sites is 2. The van der Waals surface area contributed by atoms with Crippen molar-refractivity contribution < 1.29 is 14.1 Å². The molecule has 8 nitrogen and oxygen atoms in total. The van der Waals surface area contributed by atoms with E-state index in [9.17, 15) is 4.79 Å². The Morgan fingerprint density at radius 1 is 1.27 bits per heavy atom. The van der Waals surface area contributed by atoms with Crippen molar-refractivity contribution in [2.24, 2.45) is 0 Å². The van der Waals surface area contributed by atoms with Gasteiger partial charge in [-0.3, -0.25) is 4.79 Å². The van der Waals surface area contributed by atoms with Gasteiger partial charge in [0.25, 0.3) is 5.91 Å². The van der Waals surface area contributed by atoms with Crippen LogP contribution in [0.3, 0.4) is 0 Å². The molecular weight excluding hydrogens is 334 g/mol. The largest absolute Gasteiger partial charge is 0.378 e. The van der Waals surface area contributed by atoms with Crippen molar-refractivity contribution in [2.75, 3.05) is 44.8 Å². The Balaban J connectivity index is 1.39. The van der Waals surface area contributed by atoms with Gasteiger partial charge in [-0.25, -0.2) is 4.98 Å². The summed E-state index contributed by atoms with van der Waals surface area (Å²) in [5, 5.41) is 4.03. The highest BCUT2D eigenvalue weighted by molar-refractivity contribution is 5.92. The summed E-state index contributed by atoms with van der Waals surface area (Å²) in [5.74, 6) is 0.761. The maximum atomic E-state index is 12.6. The average molecular weight is 355 g/mol. The predicted octanol–water partition coefficient (Wildman–Crippen LogP) is 1.63. The highest BCUT2D eigenvalue weighted by Crippen LogP contribution is 2.17. The Bertz CT molecular complexity index is 897. The first-order chi connectivity index (χ1) is 12.7. The molecule has 0 bridgehead atoms. The number of anilines is 1. The number of likely N-dealkylation sites (N-methyl/N-ethyl adjacent to an activating group) is 1. The number of nitrogens with zero attached hydrogens (tertiary/aromatic N) is 5. The molecule has 1 saturated heterocycles. The van der Waals surface area contributed by atoms with E-state index in [0.717, 1.165) is 24.1 Å². The van der Waals surface area contributed by atoms with Gasteiger partial charge in [0.2, 0.25) is 5.76 Å². The Hall–Kier alpha value is -2.87. The molecule has 1 aliphatic heterocycles. The molecule has 0 radical (unpaired) electrons. The maximum absolute atomic E-state index is 12.6. The lowest BCUT2D eigenvalue weighted by Crippen LogP contribution is -2.36. The summed E-state index contributed by atoms with van der Waals surface area (Å²) in [7, 11) is 1.76. The van der Waals surface area contributed by atoms with Crippen LogP contribution in [0.1, 0.15) is 10.6 Å². The van der Waals surface area contributed by atoms with E-state index in [4.69, 9.17) is 9.26 Å². The Kier molecular flexibility index (Phi) is 4.57. The summed E-state index contributed by atoms with van der Waals surface area (Å²) in [4.78, 5) is 20.7. The summed E-state index contributed by atoms with van der Waals surface area (Å²) in [6.45, 7) is 4.04. The molecule has 8 heteroatoms. The van der Waals surface area contributed by atoms with Crippen LogP contribution in [0.4, 0.5) is 5.82 Å². The number of morpholine rings is 1. The summed E-state index contributed by atoms with van der Waals surface area (Å²) in [6, 6.07) is 9.65. The van der Waals surface area contributed by atoms with E-state index < -0.39 is 0 Å². The van der Waals surface area contributed by atoms with E-state index in [1.165, 1.54) is 0 Å². The molecule has 3 aromatic rings. The SMILES string of the molecule is CN(CCn1cnc2ccccc21)C(=O)c1cc(N2CCOCC2)no1. The molecule has 1 aliphatic rings. The van der Waals surface area contributed by atoms with E-state index in [2.05, 4.69) is 15.0 Å². The first-order valence-corrected chi connectivity index (χ1v) is 8.67. The molecule has 0 atom stereocenters. The van der Waals surface area contributed by atoms with Crippen LogP contribution in [-0.4, -0.2) is 65.4 Å². The van der Waals surface area contributed by atoms with Crippen molar-refractivity contribution in [3.63, 3.8) is 0 Å². The van der Waals surface area contributed by atoms with Crippen molar-refractivity contribution in [3.05, 3.63) is 42.4 Å². The fraction of sp³-hybridized carbons (Fsp3) is 0.389. The number of amides is 1. The van der Waals surface area contributed by atoms with Crippen LogP contribution in [-0.2, 0) is 11.3 Å². The molecule has 2 aromatic heterocycles. The lowest BCUT2D eigenvalue weighted by atomic mass is 10.3. The molecule has 1 amide bonds. The zero-order chi connectivity index (χ0) is 17.9. The van der Waals surface area contributed by atoms with Crippen LogP contribution in [0.2, 0.25) is 0 Å². The normalized spacial score (nSPS) is 14.7. The number of carbonyl (C=O) groups is 1. The zero-order valence-corrected chi connectivity index (χ0v) is 14.7. The number of fused-ring (bicyclic) bond motifs is 1. The van der Waals surface area contributed by atoms with Gasteiger partial charge in [-0.05, 0) is 12.1 Å². The minimum Gasteiger partial charge on any atom is -0.378 e. The third-order valence-corrected chi connectivity index (χ3v) is 4.59. The third kappa shape index (κ3) is 3.28. The Morgan fingerprint density at radius 2 is 2.08 bits per heavy atom. The van der Waals surface area contributed by atoms with E-state index in [1.54, 1.807) is 24.3 Å². The van der Waals surface area contributed by atoms with Gasteiger partial charge in [0.05, 0.1) is 30.6 Å². The van der Waals surface area contributed by atoms with Crippen molar-refractivity contribution in [3.8, 4) is 0 Å². The number of imidazole rings is 1. The number of ether oxygens (including phenoxy) is 1. The maximum Gasteiger partial charge on any atom is 0.292 e. The molecule has 0 aliphatic carbocycles. The number of benzene rings is 1. The van der Waals surface area contributed by atoms with Crippen LogP contribution < -0.4 is 4.90 Å². The summed E-state index contributed by atoms with van der Waals surface area (Å²) in [5.41, 5.74) is 2.01. The van der Waals surface area contributed by atoms with Gasteiger partial charge < -0.3 is 23.6 Å². The predicted molar refractivity (Wildman–Crippen MR) is 96.2 cm³/mol. The van der Waals surface area contributed by atoms with Gasteiger partial charge in [-0.1, -0.05) is 17.3 Å². The van der Waals surface area contributed by atoms with Crippen LogP contribution in [0, 0.1) is 0 Å². The standard InChI is InChI=1S/C18H21N5O3/c1-21(6-7-23-13-19-14-4-2-3-5-15(14)23)18(24)16-12-17(20-26-16)22-8-10-25-11-9-22/h2-5,12-13H,6-11H2,1H3. The lowest BCUT2D eigenvalue weighted by Gasteiger charge is -2.25. The smallest absolute Gasteiger partial charge is 0.292 e. The molecule has 4 rings (SSSR count). The van der Waals surface area contributed by atoms with Crippen molar-refractivity contribution in [1.29, 1.82) is 0 Å². The Morgan fingerprint density at radius 3 is 2.92 bits per heavy atom. The monoisotopic (exact) mass is 355 g/mol. The van der Waals surface area contributed by atoms with Gasteiger partial charge in [-0.2, -0.15) is 0 Å². The van der Waals surface area contributed by atoms with Crippen molar-refractivity contribution >= 4 is 22.8 Å². The molecule has 0 N–H and O–H groups in total. The minimum absolute atomic E-state index is 0.179. The first kappa shape index (κ1) is 16.6. The van der Waals surface area contributed by atoms with E-state index in [-0.39, 0.29) is 11.7 Å². The van der Waals surface area contributed by atoms with Crippen LogP contribution in [0.15, 0.2) is 41.2 Å². The minimum atomic E-state index is -0.179. The number of hydrogen-bond donors (Lipinski definition) is 0. The second kappa shape index (κ2) is 7.17. The second-order valence-electron chi connectivity index (χ2n) is 6.30. The molecular formula is C18H21N5O3. The molecule has 136 valence electrons. The van der Waals surface area contributed by atoms with Crippen LogP contribution in [0.5, 0.6) is 0 Å². The van der Waals surface area contributed by atoms with E-state index in [0.29, 0.717) is 32.1 Å². The van der Waals surface area contributed by atoms with Gasteiger partial charge >= 0.3 is 0 Å². The second-order valence-corrected chi connectivity index (χ2v) is 6.30. The molecule has 0 unspecified atom stereocenters. The van der Waals surface area contributed by atoms with Gasteiger partial charge in [0, 0.05) is 39.3 Å². The topological polar surface area (TPSA) is 76.6 Å². The lowest BCUT2D eigenvalue weighted by molar-refractivity contribution is 0.0749. The highest BCUT2D eigenvalue weighted by Gasteiger charge is 2.21. The number of carbonyl (C=O) groups excluding carboxylic acids is 1. The fourth-order valence-corrected chi connectivity index (χ4v) is 3.04. The van der Waals surface area contributed by atoms with Crippen LogP contribution >= 0.6 is 0 Å². The Labute approximate surface area is 150 Å². The molecule has 3 heterocycles. The van der Waals surface area contributed by atoms with Gasteiger partial charge in [-0.15, -0.1) is 0 Å². The van der Waals surface area contributed by atoms with Crippen molar-refractivity contribution in [2.45, 2.75) is 6.54 Å². The van der Waals surface area contributed by atoms with E-state index >= 15 is 0 Å². The molecule has 0 spiro atoms. The number of hydrogen-bond acceptors (Lipinski definition) is 6. The molecule has 26 heavy (non-hydrogen) atoms. The van der Waals surface area contributed by atoms with E-state index in [1.807, 2.05) is 28.8 Å². The molecule has 1 aromatic carbocycles.